The lowest BCUT2D eigenvalue weighted by Crippen LogP contribution is -2.31. The smallest absolute Gasteiger partial charge is 0.301 e. The third-order valence-corrected chi connectivity index (χ3v) is 2.93. The Labute approximate surface area is 116 Å². The molecule has 6 heteroatoms. The number of carbonyl (C=O) groups is 1. The van der Waals surface area contributed by atoms with Crippen LogP contribution in [0.5, 0.6) is 0 Å². The second-order valence-corrected chi connectivity index (χ2v) is 4.26. The molecule has 1 heterocycles. The molecule has 0 spiro atoms. The van der Waals surface area contributed by atoms with Gasteiger partial charge in [-0.25, -0.2) is 5.84 Å². The average Bonchev–Trinajstić information content (AvgIpc) is 2.94. The first-order chi connectivity index (χ1) is 9.65. The summed E-state index contributed by atoms with van der Waals surface area (Å²) in [5.74, 6) is 4.84. The lowest BCUT2D eigenvalue weighted by atomic mass is 10.2. The number of furan rings is 1. The Kier molecular flexibility index (Phi) is 4.03. The maximum absolute atomic E-state index is 11.5. The van der Waals surface area contributed by atoms with Crippen molar-refractivity contribution in [3.05, 3.63) is 53.5 Å². The molecule has 2 aromatic rings. The van der Waals surface area contributed by atoms with E-state index in [1.165, 1.54) is 6.26 Å². The van der Waals surface area contributed by atoms with Gasteiger partial charge in [0.25, 0.3) is 0 Å². The maximum Gasteiger partial charge on any atom is 0.301 e. The van der Waals surface area contributed by atoms with Gasteiger partial charge in [0.1, 0.15) is 0 Å². The fraction of sp³-hybridized carbons (Fsp3) is 0.143. The summed E-state index contributed by atoms with van der Waals surface area (Å²) in [6.45, 7) is 0.491. The molecule has 20 heavy (non-hydrogen) atoms. The normalized spacial score (nSPS) is 9.85. The molecule has 0 bridgehead atoms. The van der Waals surface area contributed by atoms with Crippen molar-refractivity contribution in [3.8, 4) is 6.07 Å². The molecule has 1 amide bonds. The molecule has 1 aromatic carbocycles. The molecule has 0 fully saturated rings. The van der Waals surface area contributed by atoms with Gasteiger partial charge in [-0.15, -0.1) is 0 Å². The Morgan fingerprint density at radius 1 is 1.40 bits per heavy atom. The molecule has 2 rings (SSSR count). The molecular weight excluding hydrogens is 256 g/mol. The second-order valence-electron chi connectivity index (χ2n) is 4.26. The number of amides is 1. The highest BCUT2D eigenvalue weighted by Crippen LogP contribution is 2.19. The highest BCUT2D eigenvalue weighted by atomic mass is 16.3. The molecule has 6 nitrogen and oxygen atoms in total. The summed E-state index contributed by atoms with van der Waals surface area (Å²) in [5, 5.41) is 8.77. The van der Waals surface area contributed by atoms with Crippen LogP contribution in [0.1, 0.15) is 21.7 Å². The number of carbonyl (C=O) groups excluding carboxylic acids is 1. The van der Waals surface area contributed by atoms with Crippen molar-refractivity contribution in [2.75, 3.05) is 11.9 Å². The molecule has 0 radical (unpaired) electrons. The minimum absolute atomic E-state index is 0.202. The van der Waals surface area contributed by atoms with E-state index < -0.39 is 5.91 Å². The minimum atomic E-state index is -0.460. The van der Waals surface area contributed by atoms with E-state index in [0.717, 1.165) is 11.3 Å². The summed E-state index contributed by atoms with van der Waals surface area (Å²) >= 11 is 0. The van der Waals surface area contributed by atoms with Crippen LogP contribution in [0.25, 0.3) is 0 Å². The summed E-state index contributed by atoms with van der Waals surface area (Å²) in [6.07, 6.45) is 1.45. The summed E-state index contributed by atoms with van der Waals surface area (Å²) in [7, 11) is 1.89. The van der Waals surface area contributed by atoms with Crippen LogP contribution in [0.2, 0.25) is 0 Å². The fourth-order valence-corrected chi connectivity index (χ4v) is 1.86. The zero-order valence-electron chi connectivity index (χ0n) is 11.0. The van der Waals surface area contributed by atoms with Gasteiger partial charge in [-0.2, -0.15) is 5.26 Å². The Hall–Kier alpha value is -2.78. The van der Waals surface area contributed by atoms with E-state index in [0.29, 0.717) is 12.1 Å². The van der Waals surface area contributed by atoms with Crippen molar-refractivity contribution in [1.29, 1.82) is 5.26 Å². The monoisotopic (exact) mass is 270 g/mol. The quantitative estimate of drug-likeness (QED) is 0.497. The Balaban J connectivity index is 2.15. The number of anilines is 1. The largest absolute Gasteiger partial charge is 0.459 e. The minimum Gasteiger partial charge on any atom is -0.459 e. The molecule has 0 saturated carbocycles. The summed E-state index contributed by atoms with van der Waals surface area (Å²) in [4.78, 5) is 13.5. The number of nitrogens with two attached hydrogens (primary N) is 1. The predicted molar refractivity (Wildman–Crippen MR) is 73.6 cm³/mol. The summed E-state index contributed by atoms with van der Waals surface area (Å²) in [6, 6.07) is 11.0. The van der Waals surface area contributed by atoms with Crippen LogP contribution in [0.3, 0.4) is 0 Å². The molecule has 0 aliphatic heterocycles. The predicted octanol–water partition coefficient (Wildman–Crippen LogP) is 1.39. The van der Waals surface area contributed by atoms with E-state index in [2.05, 4.69) is 6.07 Å². The van der Waals surface area contributed by atoms with Gasteiger partial charge in [-0.3, -0.25) is 10.2 Å². The zero-order valence-corrected chi connectivity index (χ0v) is 11.0. The number of nitriles is 1. The van der Waals surface area contributed by atoms with Gasteiger partial charge in [0.05, 0.1) is 17.9 Å². The lowest BCUT2D eigenvalue weighted by Gasteiger charge is -2.19. The van der Waals surface area contributed by atoms with Gasteiger partial charge in [0.15, 0.2) is 5.76 Å². The highest BCUT2D eigenvalue weighted by molar-refractivity contribution is 5.92. The van der Waals surface area contributed by atoms with Crippen LogP contribution in [-0.2, 0) is 6.54 Å². The number of nitrogens with zero attached hydrogens (tertiary/aromatic N) is 2. The number of benzene rings is 1. The first-order valence-electron chi connectivity index (χ1n) is 5.94. The Bertz CT molecular complexity index is 640. The third kappa shape index (κ3) is 2.79. The van der Waals surface area contributed by atoms with Crippen LogP contribution >= 0.6 is 0 Å². The van der Waals surface area contributed by atoms with Crippen LogP contribution in [0.15, 0.2) is 41.0 Å². The summed E-state index contributed by atoms with van der Waals surface area (Å²) in [5.41, 5.74) is 4.32. The first-order valence-corrected chi connectivity index (χ1v) is 5.94. The van der Waals surface area contributed by atoms with Gasteiger partial charge >= 0.3 is 5.91 Å². The highest BCUT2D eigenvalue weighted by Gasteiger charge is 2.15. The molecule has 0 unspecified atom stereocenters. The van der Waals surface area contributed by atoms with Crippen molar-refractivity contribution in [2.45, 2.75) is 6.54 Å². The van der Waals surface area contributed by atoms with Gasteiger partial charge in [-0.05, 0) is 30.3 Å². The van der Waals surface area contributed by atoms with E-state index in [1.54, 1.807) is 18.2 Å². The number of hydrogen-bond acceptors (Lipinski definition) is 5. The van der Waals surface area contributed by atoms with E-state index in [4.69, 9.17) is 15.5 Å². The first kappa shape index (κ1) is 13.6. The molecule has 0 aliphatic rings. The topological polar surface area (TPSA) is 95.3 Å². The van der Waals surface area contributed by atoms with E-state index >= 15 is 0 Å². The van der Waals surface area contributed by atoms with E-state index in [-0.39, 0.29) is 5.76 Å². The standard InChI is InChI=1S/C14H14N4O2/c1-18(12-4-2-10(8-15)3-5-12)9-11-6-7-20-13(11)14(19)17-16/h2-7H,9,16H2,1H3,(H,17,19). The summed E-state index contributed by atoms with van der Waals surface area (Å²) < 4.78 is 5.13. The van der Waals surface area contributed by atoms with Gasteiger partial charge < -0.3 is 9.32 Å². The van der Waals surface area contributed by atoms with Crippen LogP contribution in [0, 0.1) is 11.3 Å². The molecule has 0 aliphatic carbocycles. The van der Waals surface area contributed by atoms with Crippen LogP contribution in [-0.4, -0.2) is 13.0 Å². The van der Waals surface area contributed by atoms with Gasteiger partial charge in [0.2, 0.25) is 0 Å². The number of hydrogen-bond donors (Lipinski definition) is 2. The van der Waals surface area contributed by atoms with Crippen LogP contribution < -0.4 is 16.2 Å². The third-order valence-electron chi connectivity index (χ3n) is 2.93. The molecular formula is C14H14N4O2. The average molecular weight is 270 g/mol. The number of nitrogen functional groups attached to an aromatic ring is 1. The number of nitrogens with one attached hydrogen (secondary N) is 1. The zero-order chi connectivity index (χ0) is 14.5. The number of hydrazine groups is 1. The van der Waals surface area contributed by atoms with Gasteiger partial charge in [0, 0.05) is 24.8 Å². The van der Waals surface area contributed by atoms with Crippen molar-refractivity contribution >= 4 is 11.6 Å². The van der Waals surface area contributed by atoms with Gasteiger partial charge in [-0.1, -0.05) is 0 Å². The fourth-order valence-electron chi connectivity index (χ4n) is 1.86. The van der Waals surface area contributed by atoms with Crippen molar-refractivity contribution in [2.24, 2.45) is 5.84 Å². The second kappa shape index (κ2) is 5.91. The van der Waals surface area contributed by atoms with Crippen LogP contribution in [0.4, 0.5) is 5.69 Å². The van der Waals surface area contributed by atoms with E-state index in [9.17, 15) is 4.79 Å². The molecule has 0 saturated heterocycles. The molecule has 102 valence electrons. The SMILES string of the molecule is CN(Cc1ccoc1C(=O)NN)c1ccc(C#N)cc1. The molecule has 0 atom stereocenters. The van der Waals surface area contributed by atoms with Crippen molar-refractivity contribution in [3.63, 3.8) is 0 Å². The molecule has 3 N–H and O–H groups in total. The van der Waals surface area contributed by atoms with E-state index in [1.807, 2.05) is 29.5 Å². The van der Waals surface area contributed by atoms with Crippen molar-refractivity contribution < 1.29 is 9.21 Å². The lowest BCUT2D eigenvalue weighted by molar-refractivity contribution is 0.0924. The number of rotatable bonds is 4. The Morgan fingerprint density at radius 2 is 2.10 bits per heavy atom. The maximum atomic E-state index is 11.5. The van der Waals surface area contributed by atoms with Crippen molar-refractivity contribution in [1.82, 2.24) is 5.43 Å². The molecule has 1 aromatic heterocycles. The Morgan fingerprint density at radius 3 is 2.70 bits per heavy atom.